The van der Waals surface area contributed by atoms with Crippen LogP contribution >= 0.6 is 0 Å². The molecule has 0 aliphatic carbocycles. The number of methoxy groups -OCH3 is 1. The molecule has 1 heterocycles. The summed E-state index contributed by atoms with van der Waals surface area (Å²) in [6.45, 7) is -0.942. The van der Waals surface area contributed by atoms with Crippen molar-refractivity contribution in [2.45, 2.75) is 37.1 Å². The monoisotopic (exact) mass is 687 g/mol. The maximum absolute atomic E-state index is 13.1. The summed E-state index contributed by atoms with van der Waals surface area (Å²) in [6, 6.07) is 13.8. The first-order valence-corrected chi connectivity index (χ1v) is 14.7. The van der Waals surface area contributed by atoms with Crippen molar-refractivity contribution in [3.8, 4) is 34.5 Å². The molecule has 0 aromatic heterocycles. The molecule has 0 amide bonds. The zero-order chi connectivity index (χ0) is 35.7. The maximum Gasteiger partial charge on any atom is 0.342 e. The van der Waals surface area contributed by atoms with Crippen LogP contribution in [0.4, 0.5) is 0 Å². The predicted octanol–water partition coefficient (Wildman–Crippen LogP) is 0.340. The number of nitrogens with two attached hydrogens (primary N) is 1. The van der Waals surface area contributed by atoms with E-state index in [1.165, 1.54) is 26.3 Å². The molecule has 0 radical (unpaired) electrons. The Bertz CT molecular complexity index is 1640. The van der Waals surface area contributed by atoms with Crippen LogP contribution in [0.1, 0.15) is 26.3 Å². The highest BCUT2D eigenvalue weighted by Crippen LogP contribution is 2.46. The average molecular weight is 688 g/mol. The summed E-state index contributed by atoms with van der Waals surface area (Å²) < 4.78 is 32.9. The molecule has 1 saturated heterocycles. The Balaban J connectivity index is 1.47. The summed E-state index contributed by atoms with van der Waals surface area (Å²) in [5.41, 5.74) is 5.89. The number of aromatic hydroxyl groups is 2. The summed E-state index contributed by atoms with van der Waals surface area (Å²) in [5, 5.41) is 65.2. The lowest BCUT2D eigenvalue weighted by Crippen LogP contribution is -2.60. The lowest BCUT2D eigenvalue weighted by atomic mass is 9.99. The Hall–Kier alpha value is -5.49. The fourth-order valence-corrected chi connectivity index (χ4v) is 4.61. The molecule has 1 fully saturated rings. The molecular weight excluding hydrogens is 650 g/mol. The van der Waals surface area contributed by atoms with Crippen molar-refractivity contribution in [3.63, 3.8) is 0 Å². The standard InChI is InChI=1S/C32H37N3O14/c1-34-32(33)35-15-47-20-12-17(29(41)42)8-9-19(20)48-31-27(40)26(39)24(37)22(49-31)14-46-30(43)18-13-21(44-2)25(38)28(23(18)36)45-11-10-16-6-4-3-5-7-16/h3-9,12-13,22,24,26-27,31,36-40H,10-11,14-15H2,1-2H3,(H,41,42)(H3,33,34,35)/t22-,24-,26+,27-,31+/m1/s1. The number of rotatable bonds is 14. The van der Waals surface area contributed by atoms with E-state index in [2.05, 4.69) is 10.3 Å². The lowest BCUT2D eigenvalue weighted by molar-refractivity contribution is -0.277. The SMILES string of the molecule is CN=C(N)NCOc1cc(C(=O)O)ccc1O[C@H]1O[C@H](COC(=O)c2cc(OC)c(O)c(OCCc3ccccc3)c2O)[C@@H](O)[C@H](O)[C@H]1O. The summed E-state index contributed by atoms with van der Waals surface area (Å²) in [4.78, 5) is 28.3. The van der Waals surface area contributed by atoms with Crippen molar-refractivity contribution in [2.75, 3.05) is 34.1 Å². The van der Waals surface area contributed by atoms with Gasteiger partial charge < -0.3 is 70.1 Å². The molecule has 9 N–H and O–H groups in total. The number of hydrogen-bond acceptors (Lipinski definition) is 14. The number of guanidine groups is 1. The lowest BCUT2D eigenvalue weighted by Gasteiger charge is -2.40. The van der Waals surface area contributed by atoms with Crippen LogP contribution in [-0.4, -0.2) is 113 Å². The number of carboxylic acid groups (broad SMARTS) is 1. The normalized spacial score (nSPS) is 20.6. The smallest absolute Gasteiger partial charge is 0.342 e. The molecule has 17 heteroatoms. The molecule has 0 bridgehead atoms. The summed E-state index contributed by atoms with van der Waals surface area (Å²) in [7, 11) is 2.66. The number of carbonyl (C=O) groups is 2. The number of phenols is 2. The number of aliphatic imine (C=N–C) groups is 1. The first-order chi connectivity index (χ1) is 23.4. The minimum Gasteiger partial charge on any atom is -0.504 e. The van der Waals surface area contributed by atoms with Crippen molar-refractivity contribution in [1.29, 1.82) is 0 Å². The Kier molecular flexibility index (Phi) is 12.3. The molecule has 1 aliphatic rings. The van der Waals surface area contributed by atoms with Crippen molar-refractivity contribution < 1.29 is 68.6 Å². The van der Waals surface area contributed by atoms with E-state index in [1.807, 2.05) is 30.3 Å². The van der Waals surface area contributed by atoms with Crippen molar-refractivity contribution in [2.24, 2.45) is 10.7 Å². The van der Waals surface area contributed by atoms with Crippen LogP contribution in [0.25, 0.3) is 0 Å². The molecule has 0 saturated carbocycles. The van der Waals surface area contributed by atoms with E-state index in [1.54, 1.807) is 0 Å². The van der Waals surface area contributed by atoms with E-state index in [0.717, 1.165) is 17.7 Å². The first kappa shape index (κ1) is 36.3. The third-order valence-corrected chi connectivity index (χ3v) is 7.32. The van der Waals surface area contributed by atoms with Gasteiger partial charge in [0.15, 0.2) is 35.7 Å². The number of hydrogen-bond donors (Lipinski definition) is 8. The summed E-state index contributed by atoms with van der Waals surface area (Å²) in [5.74, 6) is -4.53. The van der Waals surface area contributed by atoms with Crippen LogP contribution in [0.5, 0.6) is 34.5 Å². The number of aliphatic hydroxyl groups is 3. The predicted molar refractivity (Wildman–Crippen MR) is 169 cm³/mol. The van der Waals surface area contributed by atoms with E-state index in [9.17, 15) is 40.2 Å². The van der Waals surface area contributed by atoms with Gasteiger partial charge in [-0.2, -0.15) is 0 Å². The molecule has 49 heavy (non-hydrogen) atoms. The largest absolute Gasteiger partial charge is 0.504 e. The molecule has 1 aliphatic heterocycles. The van der Waals surface area contributed by atoms with Crippen molar-refractivity contribution in [1.82, 2.24) is 5.32 Å². The second kappa shape index (κ2) is 16.6. The van der Waals surface area contributed by atoms with E-state index in [0.29, 0.717) is 6.42 Å². The van der Waals surface area contributed by atoms with Gasteiger partial charge in [-0.1, -0.05) is 30.3 Å². The highest BCUT2D eigenvalue weighted by molar-refractivity contribution is 5.95. The molecule has 264 valence electrons. The van der Waals surface area contributed by atoms with Crippen LogP contribution in [0.15, 0.2) is 59.6 Å². The fourth-order valence-electron chi connectivity index (χ4n) is 4.61. The van der Waals surface area contributed by atoms with Gasteiger partial charge >= 0.3 is 11.9 Å². The van der Waals surface area contributed by atoms with Gasteiger partial charge in [-0.15, -0.1) is 0 Å². The van der Waals surface area contributed by atoms with Gasteiger partial charge in [0, 0.05) is 19.5 Å². The van der Waals surface area contributed by atoms with Gasteiger partial charge in [-0.3, -0.25) is 4.99 Å². The zero-order valence-corrected chi connectivity index (χ0v) is 26.4. The van der Waals surface area contributed by atoms with Gasteiger partial charge in [0.2, 0.25) is 17.8 Å². The fraction of sp³-hybridized carbons (Fsp3) is 0.344. The molecule has 0 spiro atoms. The number of benzene rings is 3. The van der Waals surface area contributed by atoms with Gasteiger partial charge in [0.25, 0.3) is 0 Å². The minimum absolute atomic E-state index is 0.0276. The molecular formula is C32H37N3O14. The molecule has 3 aromatic rings. The van der Waals surface area contributed by atoms with Crippen LogP contribution < -0.4 is 30.0 Å². The summed E-state index contributed by atoms with van der Waals surface area (Å²) in [6.07, 6.45) is -8.17. The number of aliphatic hydroxyl groups excluding tert-OH is 3. The van der Waals surface area contributed by atoms with Crippen LogP contribution in [0, 0.1) is 0 Å². The maximum atomic E-state index is 13.1. The number of carboxylic acids is 1. The van der Waals surface area contributed by atoms with E-state index in [-0.39, 0.29) is 42.1 Å². The highest BCUT2D eigenvalue weighted by atomic mass is 16.7. The second-order valence-corrected chi connectivity index (χ2v) is 10.5. The van der Waals surface area contributed by atoms with Crippen LogP contribution in [0.2, 0.25) is 0 Å². The topological polar surface area (TPSA) is 261 Å². The summed E-state index contributed by atoms with van der Waals surface area (Å²) >= 11 is 0. The van der Waals surface area contributed by atoms with Crippen LogP contribution in [0.3, 0.4) is 0 Å². The number of phenolic OH excluding ortho intramolecular Hbond substituents is 2. The van der Waals surface area contributed by atoms with Gasteiger partial charge in [-0.05, 0) is 23.8 Å². The Labute approximate surface area is 279 Å². The number of aromatic carboxylic acids is 1. The van der Waals surface area contributed by atoms with Crippen LogP contribution in [-0.2, 0) is 15.9 Å². The number of nitrogens with zero attached hydrogens (tertiary/aromatic N) is 1. The zero-order valence-electron chi connectivity index (χ0n) is 26.4. The quantitative estimate of drug-likeness (QED) is 0.0492. The molecule has 0 unspecified atom stereocenters. The first-order valence-electron chi connectivity index (χ1n) is 14.7. The second-order valence-electron chi connectivity index (χ2n) is 10.5. The van der Waals surface area contributed by atoms with E-state index >= 15 is 0 Å². The van der Waals surface area contributed by atoms with Gasteiger partial charge in [0.05, 0.1) is 19.3 Å². The third kappa shape index (κ3) is 8.90. The Morgan fingerprint density at radius 1 is 0.939 bits per heavy atom. The number of nitrogens with one attached hydrogen (secondary N) is 1. The highest BCUT2D eigenvalue weighted by Gasteiger charge is 2.46. The molecule has 17 nitrogen and oxygen atoms in total. The molecule has 4 rings (SSSR count). The number of esters is 1. The van der Waals surface area contributed by atoms with E-state index in [4.69, 9.17) is 34.2 Å². The third-order valence-electron chi connectivity index (χ3n) is 7.32. The molecule has 3 aromatic carbocycles. The number of carbonyl (C=O) groups excluding carboxylic acids is 1. The molecule has 5 atom stereocenters. The van der Waals surface area contributed by atoms with E-state index < -0.39 is 72.1 Å². The Morgan fingerprint density at radius 2 is 1.67 bits per heavy atom. The number of ether oxygens (including phenoxy) is 6. The van der Waals surface area contributed by atoms with Crippen molar-refractivity contribution in [3.05, 3.63) is 71.3 Å². The minimum atomic E-state index is -1.85. The average Bonchev–Trinajstić information content (AvgIpc) is 3.10. The van der Waals surface area contributed by atoms with Gasteiger partial charge in [-0.25, -0.2) is 9.59 Å². The Morgan fingerprint density at radius 3 is 2.35 bits per heavy atom. The van der Waals surface area contributed by atoms with Gasteiger partial charge in [0.1, 0.15) is 36.6 Å². The van der Waals surface area contributed by atoms with Crippen molar-refractivity contribution >= 4 is 17.9 Å².